The quantitative estimate of drug-likeness (QED) is 0.529. The number of Topliss-reactive ketones (excluding diaryl/α,β-unsaturated/α-hetero) is 1. The summed E-state index contributed by atoms with van der Waals surface area (Å²) >= 11 is 0. The smallest absolute Gasteiger partial charge is 0.355 e. The molecule has 148 valence electrons. The molecule has 2 heterocycles. The van der Waals surface area contributed by atoms with E-state index in [1.54, 1.807) is 13.8 Å². The normalized spacial score (nSPS) is 26.3. The minimum Gasteiger partial charge on any atom is -0.464 e. The van der Waals surface area contributed by atoms with Crippen LogP contribution in [0.25, 0.3) is 0 Å². The van der Waals surface area contributed by atoms with E-state index in [1.165, 1.54) is 23.9 Å². The van der Waals surface area contributed by atoms with Crippen molar-refractivity contribution in [1.82, 2.24) is 9.91 Å². The number of ketones is 1. The van der Waals surface area contributed by atoms with E-state index in [2.05, 4.69) is 5.10 Å². The third-order valence-electron chi connectivity index (χ3n) is 5.72. The summed E-state index contributed by atoms with van der Waals surface area (Å²) in [5.41, 5.74) is -0.848. The van der Waals surface area contributed by atoms with E-state index in [-0.39, 0.29) is 35.8 Å². The average molecular weight is 377 g/mol. The summed E-state index contributed by atoms with van der Waals surface area (Å²) in [5.74, 6) is -2.42. The Bertz CT molecular complexity index is 708. The molecule has 0 unspecified atom stereocenters. The van der Waals surface area contributed by atoms with Gasteiger partial charge in [0.1, 0.15) is 17.7 Å². The van der Waals surface area contributed by atoms with Gasteiger partial charge in [-0.15, -0.1) is 0 Å². The number of amides is 2. The van der Waals surface area contributed by atoms with Crippen LogP contribution in [0.5, 0.6) is 0 Å². The molecule has 0 bridgehead atoms. The van der Waals surface area contributed by atoms with Crippen molar-refractivity contribution >= 4 is 29.3 Å². The van der Waals surface area contributed by atoms with Gasteiger partial charge in [0.05, 0.1) is 12.6 Å². The first-order valence-corrected chi connectivity index (χ1v) is 9.51. The first kappa shape index (κ1) is 19.5. The van der Waals surface area contributed by atoms with Crippen molar-refractivity contribution in [1.29, 1.82) is 0 Å². The minimum atomic E-state index is -0.960. The SMILES string of the molecule is COC(=O)C1=NN(C(C)(C)CC(C)=O)[C@@H]2C(=O)N(C3CCCCC3)C(=O)[C@@H]12. The molecule has 27 heavy (non-hydrogen) atoms. The van der Waals surface area contributed by atoms with Crippen LogP contribution in [0.1, 0.15) is 59.3 Å². The maximum Gasteiger partial charge on any atom is 0.355 e. The third kappa shape index (κ3) is 3.26. The van der Waals surface area contributed by atoms with Crippen molar-refractivity contribution in [2.45, 2.75) is 76.9 Å². The van der Waals surface area contributed by atoms with Crippen LogP contribution in [-0.2, 0) is 23.9 Å². The molecular weight excluding hydrogens is 350 g/mol. The zero-order valence-electron chi connectivity index (χ0n) is 16.4. The molecule has 2 atom stereocenters. The highest BCUT2D eigenvalue weighted by Crippen LogP contribution is 2.40. The highest BCUT2D eigenvalue weighted by molar-refractivity contribution is 6.44. The molecule has 1 aliphatic carbocycles. The molecule has 8 nitrogen and oxygen atoms in total. The van der Waals surface area contributed by atoms with E-state index in [9.17, 15) is 19.2 Å². The summed E-state index contributed by atoms with van der Waals surface area (Å²) in [4.78, 5) is 51.7. The van der Waals surface area contributed by atoms with Crippen LogP contribution >= 0.6 is 0 Å². The molecule has 3 aliphatic rings. The molecule has 8 heteroatoms. The van der Waals surface area contributed by atoms with Crippen LogP contribution in [-0.4, -0.2) is 63.9 Å². The standard InChI is InChI=1S/C19H27N3O5/c1-11(23)10-19(2,3)22-15-13(14(20-22)18(26)27-4)16(24)21(17(15)25)12-8-6-5-7-9-12/h12-13,15H,5-10H2,1-4H3/t13-,15-/m0/s1. The van der Waals surface area contributed by atoms with Crippen molar-refractivity contribution in [3.63, 3.8) is 0 Å². The number of nitrogens with zero attached hydrogens (tertiary/aromatic N) is 3. The number of hydrogen-bond donors (Lipinski definition) is 0. The predicted molar refractivity (Wildman–Crippen MR) is 96.7 cm³/mol. The van der Waals surface area contributed by atoms with Crippen molar-refractivity contribution in [2.75, 3.05) is 7.11 Å². The first-order valence-electron chi connectivity index (χ1n) is 9.51. The Balaban J connectivity index is 1.99. The molecule has 0 radical (unpaired) electrons. The lowest BCUT2D eigenvalue weighted by Crippen LogP contribution is -2.51. The number of hydrogen-bond acceptors (Lipinski definition) is 7. The largest absolute Gasteiger partial charge is 0.464 e. The van der Waals surface area contributed by atoms with Gasteiger partial charge >= 0.3 is 5.97 Å². The number of esters is 1. The maximum absolute atomic E-state index is 13.2. The van der Waals surface area contributed by atoms with E-state index in [0.717, 1.165) is 32.1 Å². The molecular formula is C19H27N3O5. The third-order valence-corrected chi connectivity index (χ3v) is 5.72. The Morgan fingerprint density at radius 1 is 1.15 bits per heavy atom. The fourth-order valence-corrected chi connectivity index (χ4v) is 4.60. The van der Waals surface area contributed by atoms with Gasteiger partial charge < -0.3 is 4.74 Å². The Hall–Kier alpha value is -2.25. The molecule has 0 aromatic carbocycles. The average Bonchev–Trinajstić information content (AvgIpc) is 3.12. The van der Waals surface area contributed by atoms with Gasteiger partial charge in [-0.25, -0.2) is 4.79 Å². The van der Waals surface area contributed by atoms with Crippen molar-refractivity contribution in [3.8, 4) is 0 Å². The fraction of sp³-hybridized carbons (Fsp3) is 0.737. The number of imide groups is 1. The van der Waals surface area contributed by atoms with Crippen molar-refractivity contribution in [3.05, 3.63) is 0 Å². The molecule has 0 N–H and O–H groups in total. The van der Waals surface area contributed by atoms with Gasteiger partial charge in [0.2, 0.25) is 5.91 Å². The van der Waals surface area contributed by atoms with E-state index >= 15 is 0 Å². The predicted octanol–water partition coefficient (Wildman–Crippen LogP) is 1.27. The lowest BCUT2D eigenvalue weighted by molar-refractivity contribution is -0.145. The fourth-order valence-electron chi connectivity index (χ4n) is 4.60. The summed E-state index contributed by atoms with van der Waals surface area (Å²) in [5, 5.41) is 5.78. The molecule has 2 amide bonds. The number of fused-ring (bicyclic) bond motifs is 1. The minimum absolute atomic E-state index is 0.0456. The second-order valence-corrected chi connectivity index (χ2v) is 8.27. The van der Waals surface area contributed by atoms with E-state index in [0.29, 0.717) is 0 Å². The van der Waals surface area contributed by atoms with Crippen LogP contribution in [0.3, 0.4) is 0 Å². The monoisotopic (exact) mass is 377 g/mol. The molecule has 3 rings (SSSR count). The van der Waals surface area contributed by atoms with Crippen LogP contribution in [0.4, 0.5) is 0 Å². The van der Waals surface area contributed by atoms with E-state index in [1.807, 2.05) is 0 Å². The second kappa shape index (κ2) is 7.05. The van der Waals surface area contributed by atoms with Crippen LogP contribution in [0.2, 0.25) is 0 Å². The van der Waals surface area contributed by atoms with Gasteiger partial charge in [-0.1, -0.05) is 19.3 Å². The first-order chi connectivity index (χ1) is 12.7. The van der Waals surface area contributed by atoms with Gasteiger partial charge in [0.15, 0.2) is 5.71 Å². The maximum atomic E-state index is 13.2. The number of hydrazone groups is 1. The van der Waals surface area contributed by atoms with Crippen LogP contribution < -0.4 is 0 Å². The number of carbonyl (C=O) groups is 4. The Labute approximate surface area is 158 Å². The van der Waals surface area contributed by atoms with Gasteiger partial charge in [-0.2, -0.15) is 5.10 Å². The summed E-state index contributed by atoms with van der Waals surface area (Å²) in [6.45, 7) is 5.04. The number of rotatable bonds is 5. The van der Waals surface area contributed by atoms with Crippen LogP contribution in [0.15, 0.2) is 5.10 Å². The second-order valence-electron chi connectivity index (χ2n) is 8.27. The number of likely N-dealkylation sites (tertiary alicyclic amines) is 1. The van der Waals surface area contributed by atoms with Crippen LogP contribution in [0, 0.1) is 5.92 Å². The van der Waals surface area contributed by atoms with Crippen molar-refractivity contribution < 1.29 is 23.9 Å². The summed E-state index contributed by atoms with van der Waals surface area (Å²) in [6.07, 6.45) is 4.80. The van der Waals surface area contributed by atoms with Gasteiger partial charge in [-0.05, 0) is 33.6 Å². The number of carbonyl (C=O) groups excluding carboxylic acids is 4. The summed E-state index contributed by atoms with van der Waals surface area (Å²) in [7, 11) is 1.23. The Morgan fingerprint density at radius 3 is 2.33 bits per heavy atom. The summed E-state index contributed by atoms with van der Waals surface area (Å²) in [6, 6.07) is -1.01. The van der Waals surface area contributed by atoms with Gasteiger partial charge in [0.25, 0.3) is 5.91 Å². The molecule has 2 aliphatic heterocycles. The lowest BCUT2D eigenvalue weighted by atomic mass is 9.92. The molecule has 0 aromatic rings. The van der Waals surface area contributed by atoms with Crippen molar-refractivity contribution in [2.24, 2.45) is 11.0 Å². The lowest BCUT2D eigenvalue weighted by Gasteiger charge is -2.37. The Kier molecular flexibility index (Phi) is 5.10. The van der Waals surface area contributed by atoms with E-state index in [4.69, 9.17) is 4.74 Å². The highest BCUT2D eigenvalue weighted by atomic mass is 16.5. The number of ether oxygens (including phenoxy) is 1. The van der Waals surface area contributed by atoms with Gasteiger partial charge in [-0.3, -0.25) is 24.3 Å². The molecule has 1 saturated heterocycles. The molecule has 0 aromatic heterocycles. The van der Waals surface area contributed by atoms with Gasteiger partial charge in [0, 0.05) is 12.5 Å². The Morgan fingerprint density at radius 2 is 1.78 bits per heavy atom. The molecule has 0 spiro atoms. The topological polar surface area (TPSA) is 96.3 Å². The zero-order valence-corrected chi connectivity index (χ0v) is 16.4. The zero-order chi connectivity index (χ0) is 19.9. The number of methoxy groups -OCH3 is 1. The summed E-state index contributed by atoms with van der Waals surface area (Å²) < 4.78 is 4.80. The highest BCUT2D eigenvalue weighted by Gasteiger charge is 2.61. The molecule has 1 saturated carbocycles. The van der Waals surface area contributed by atoms with E-state index < -0.39 is 23.5 Å². The molecule has 2 fully saturated rings.